The molecule has 4 heteroatoms. The Kier molecular flexibility index (Phi) is 4.80. The second kappa shape index (κ2) is 6.16. The molecule has 15 heavy (non-hydrogen) atoms. The molecule has 4 nitrogen and oxygen atoms in total. The van der Waals surface area contributed by atoms with E-state index in [0.29, 0.717) is 18.6 Å². The number of carbonyl (C=O) groups is 1. The van der Waals surface area contributed by atoms with Gasteiger partial charge in [0.05, 0.1) is 12.2 Å². The van der Waals surface area contributed by atoms with Gasteiger partial charge in [0, 0.05) is 13.2 Å². The fourth-order valence-electron chi connectivity index (χ4n) is 1.20. The Labute approximate surface area is 88.1 Å². The van der Waals surface area contributed by atoms with E-state index < -0.39 is 5.97 Å². The van der Waals surface area contributed by atoms with Gasteiger partial charge in [-0.25, -0.2) is 4.79 Å². The normalized spacial score (nSPS) is 10.2. The number of ether oxygens (including phenoxy) is 1. The zero-order valence-corrected chi connectivity index (χ0v) is 8.35. The highest BCUT2D eigenvalue weighted by atomic mass is 16.5. The summed E-state index contributed by atoms with van der Waals surface area (Å²) in [5.74, 6) is -0.948. The lowest BCUT2D eigenvalue weighted by atomic mass is 10.1. The Morgan fingerprint density at radius 3 is 2.73 bits per heavy atom. The molecule has 82 valence electrons. The molecular weight excluding hydrogens is 196 g/mol. The van der Waals surface area contributed by atoms with E-state index in [4.69, 9.17) is 14.9 Å². The molecule has 0 amide bonds. The van der Waals surface area contributed by atoms with E-state index in [1.807, 2.05) is 0 Å². The highest BCUT2D eigenvalue weighted by Crippen LogP contribution is 2.10. The number of rotatable bonds is 6. The first kappa shape index (κ1) is 11.7. The van der Waals surface area contributed by atoms with E-state index in [9.17, 15) is 4.79 Å². The van der Waals surface area contributed by atoms with Crippen molar-refractivity contribution in [3.63, 3.8) is 0 Å². The molecule has 0 bridgehead atoms. The number of carboxylic acid groups (broad SMARTS) is 1. The Bertz CT molecular complexity index is 322. The van der Waals surface area contributed by atoms with Crippen molar-refractivity contribution >= 4 is 5.97 Å². The molecule has 0 aliphatic heterocycles. The van der Waals surface area contributed by atoms with Crippen molar-refractivity contribution in [2.75, 3.05) is 13.2 Å². The number of benzene rings is 1. The van der Waals surface area contributed by atoms with Crippen LogP contribution in [-0.2, 0) is 11.3 Å². The van der Waals surface area contributed by atoms with Gasteiger partial charge >= 0.3 is 5.97 Å². The maximum Gasteiger partial charge on any atom is 0.336 e. The topological polar surface area (TPSA) is 66.8 Å². The first-order valence-electron chi connectivity index (χ1n) is 4.75. The molecular formula is C11H14O4. The highest BCUT2D eigenvalue weighted by Gasteiger charge is 2.08. The lowest BCUT2D eigenvalue weighted by Gasteiger charge is -2.06. The van der Waals surface area contributed by atoms with Gasteiger partial charge in [-0.2, -0.15) is 0 Å². The monoisotopic (exact) mass is 210 g/mol. The van der Waals surface area contributed by atoms with E-state index in [-0.39, 0.29) is 18.8 Å². The van der Waals surface area contributed by atoms with Crippen LogP contribution in [-0.4, -0.2) is 29.4 Å². The minimum Gasteiger partial charge on any atom is -0.478 e. The van der Waals surface area contributed by atoms with Gasteiger partial charge < -0.3 is 14.9 Å². The Balaban J connectivity index is 2.56. The molecule has 1 aromatic rings. The van der Waals surface area contributed by atoms with Crippen LogP contribution in [0.25, 0.3) is 0 Å². The third-order valence-electron chi connectivity index (χ3n) is 1.95. The molecule has 2 N–H and O–H groups in total. The van der Waals surface area contributed by atoms with Gasteiger partial charge in [0.2, 0.25) is 0 Å². The number of aliphatic hydroxyl groups excluding tert-OH is 1. The third kappa shape index (κ3) is 3.69. The molecule has 1 rings (SSSR count). The number of aliphatic hydroxyl groups is 1. The van der Waals surface area contributed by atoms with Crippen molar-refractivity contribution in [1.82, 2.24) is 0 Å². The summed E-state index contributed by atoms with van der Waals surface area (Å²) in [6, 6.07) is 6.73. The van der Waals surface area contributed by atoms with E-state index in [1.54, 1.807) is 24.3 Å². The van der Waals surface area contributed by atoms with E-state index in [0.717, 1.165) is 0 Å². The molecule has 0 saturated carbocycles. The molecule has 0 atom stereocenters. The summed E-state index contributed by atoms with van der Waals surface area (Å²) in [4.78, 5) is 10.8. The van der Waals surface area contributed by atoms with E-state index in [1.165, 1.54) is 0 Å². The smallest absolute Gasteiger partial charge is 0.336 e. The SMILES string of the molecule is O=C(O)c1ccccc1COCCCO. The van der Waals surface area contributed by atoms with E-state index in [2.05, 4.69) is 0 Å². The van der Waals surface area contributed by atoms with Crippen LogP contribution in [0.1, 0.15) is 22.3 Å². The lowest BCUT2D eigenvalue weighted by Crippen LogP contribution is -2.05. The molecule has 0 aliphatic rings. The summed E-state index contributed by atoms with van der Waals surface area (Å²) >= 11 is 0. The zero-order chi connectivity index (χ0) is 11.1. The van der Waals surface area contributed by atoms with Crippen molar-refractivity contribution < 1.29 is 19.7 Å². The van der Waals surface area contributed by atoms with Crippen molar-refractivity contribution in [2.45, 2.75) is 13.0 Å². The van der Waals surface area contributed by atoms with Crippen LogP contribution in [0.4, 0.5) is 0 Å². The molecule has 0 radical (unpaired) electrons. The second-order valence-corrected chi connectivity index (χ2v) is 3.09. The molecule has 1 aromatic carbocycles. The van der Waals surface area contributed by atoms with Crippen molar-refractivity contribution in [3.8, 4) is 0 Å². The molecule has 0 fully saturated rings. The van der Waals surface area contributed by atoms with Crippen LogP contribution in [0.5, 0.6) is 0 Å². The van der Waals surface area contributed by atoms with Crippen LogP contribution >= 0.6 is 0 Å². The van der Waals surface area contributed by atoms with Gasteiger partial charge in [-0.1, -0.05) is 18.2 Å². The lowest BCUT2D eigenvalue weighted by molar-refractivity contribution is 0.0684. The Morgan fingerprint density at radius 1 is 1.33 bits per heavy atom. The van der Waals surface area contributed by atoms with Crippen molar-refractivity contribution in [1.29, 1.82) is 0 Å². The average molecular weight is 210 g/mol. The summed E-state index contributed by atoms with van der Waals surface area (Å²) in [6.45, 7) is 0.785. The number of carboxylic acids is 1. The maximum absolute atomic E-state index is 10.8. The second-order valence-electron chi connectivity index (χ2n) is 3.09. The third-order valence-corrected chi connectivity index (χ3v) is 1.95. The molecule has 0 unspecified atom stereocenters. The number of hydrogen-bond acceptors (Lipinski definition) is 3. The fraction of sp³-hybridized carbons (Fsp3) is 0.364. The highest BCUT2D eigenvalue weighted by molar-refractivity contribution is 5.89. The molecule has 0 saturated heterocycles. The van der Waals surface area contributed by atoms with E-state index >= 15 is 0 Å². The molecule has 0 aromatic heterocycles. The average Bonchev–Trinajstić information content (AvgIpc) is 2.25. The fourth-order valence-corrected chi connectivity index (χ4v) is 1.20. The van der Waals surface area contributed by atoms with Gasteiger partial charge in [0.1, 0.15) is 0 Å². The standard InChI is InChI=1S/C11H14O4/c12-6-3-7-15-8-9-4-1-2-5-10(9)11(13)14/h1-2,4-5,12H,3,6-8H2,(H,13,14). The van der Waals surface area contributed by atoms with Gasteiger partial charge in [0.15, 0.2) is 0 Å². The predicted molar refractivity (Wildman–Crippen MR) is 54.8 cm³/mol. The Morgan fingerprint density at radius 2 is 2.07 bits per heavy atom. The maximum atomic E-state index is 10.8. The first-order chi connectivity index (χ1) is 7.25. The van der Waals surface area contributed by atoms with Gasteiger partial charge in [-0.3, -0.25) is 0 Å². The summed E-state index contributed by atoms with van der Waals surface area (Å²) in [6.07, 6.45) is 0.565. The van der Waals surface area contributed by atoms with Crippen molar-refractivity contribution in [2.24, 2.45) is 0 Å². The first-order valence-corrected chi connectivity index (χ1v) is 4.75. The Hall–Kier alpha value is -1.39. The molecule has 0 aliphatic carbocycles. The number of hydrogen-bond donors (Lipinski definition) is 2. The van der Waals surface area contributed by atoms with Crippen molar-refractivity contribution in [3.05, 3.63) is 35.4 Å². The van der Waals surface area contributed by atoms with Gasteiger partial charge in [-0.15, -0.1) is 0 Å². The zero-order valence-electron chi connectivity index (χ0n) is 8.35. The predicted octanol–water partition coefficient (Wildman–Crippen LogP) is 1.28. The van der Waals surface area contributed by atoms with Crippen LogP contribution in [0.15, 0.2) is 24.3 Å². The summed E-state index contributed by atoms with van der Waals surface area (Å²) < 4.78 is 5.23. The van der Waals surface area contributed by atoms with Gasteiger partial charge in [-0.05, 0) is 18.1 Å². The summed E-state index contributed by atoms with van der Waals surface area (Å²) in [7, 11) is 0. The minimum atomic E-state index is -0.948. The minimum absolute atomic E-state index is 0.0839. The summed E-state index contributed by atoms with van der Waals surface area (Å²) in [5.41, 5.74) is 0.921. The van der Waals surface area contributed by atoms with Crippen LogP contribution in [0.2, 0.25) is 0 Å². The summed E-state index contributed by atoms with van der Waals surface area (Å²) in [5, 5.41) is 17.4. The largest absolute Gasteiger partial charge is 0.478 e. The van der Waals surface area contributed by atoms with Gasteiger partial charge in [0.25, 0.3) is 0 Å². The molecule has 0 spiro atoms. The van der Waals surface area contributed by atoms with Crippen LogP contribution in [0.3, 0.4) is 0 Å². The quantitative estimate of drug-likeness (QED) is 0.694. The van der Waals surface area contributed by atoms with Crippen LogP contribution < -0.4 is 0 Å². The number of aromatic carboxylic acids is 1. The molecule has 0 heterocycles. The van der Waals surface area contributed by atoms with Crippen LogP contribution in [0, 0.1) is 0 Å².